The summed E-state index contributed by atoms with van der Waals surface area (Å²) in [6, 6.07) is 22.6. The average molecular weight is 672 g/mol. The number of sulfonamides is 1. The predicted octanol–water partition coefficient (Wildman–Crippen LogP) is 7.51. The van der Waals surface area contributed by atoms with E-state index in [-0.39, 0.29) is 34.9 Å². The molecule has 0 spiro atoms. The van der Waals surface area contributed by atoms with Crippen molar-refractivity contribution < 1.29 is 27.2 Å². The summed E-state index contributed by atoms with van der Waals surface area (Å²) in [4.78, 5) is 27.8. The summed E-state index contributed by atoms with van der Waals surface area (Å²) in [5, 5.41) is 1.35. The third kappa shape index (κ3) is 6.62. The zero-order valence-corrected chi connectivity index (χ0v) is 26.5. The fourth-order valence-corrected chi connectivity index (χ4v) is 6.59. The minimum absolute atomic E-state index is 0.0285. The molecular weight excluding hydrogens is 647 g/mol. The van der Waals surface area contributed by atoms with Crippen LogP contribution in [0.5, 0.6) is 0 Å². The standard InChI is InChI=1S/C32H25Cl3N2O6S/c1-20-30(32(39)42-2)29(31(38)37(20)25-5-3-4-24(35)16-25)17-26-12-13-27(43-26)19-36(18-21-6-8-22(33)9-7-21)44(40,41)28-14-10-23(34)11-15-28/h3-17H,18-19H2,1-2H3/b29-17+. The Labute approximate surface area is 269 Å². The molecule has 226 valence electrons. The van der Waals surface area contributed by atoms with Crippen molar-refractivity contribution in [1.82, 2.24) is 4.31 Å². The molecule has 0 aliphatic carbocycles. The smallest absolute Gasteiger partial charge is 0.340 e. The van der Waals surface area contributed by atoms with Gasteiger partial charge >= 0.3 is 5.97 Å². The van der Waals surface area contributed by atoms with Crippen LogP contribution in [0.25, 0.3) is 6.08 Å². The number of carbonyl (C=O) groups excluding carboxylic acids is 2. The molecule has 0 atom stereocenters. The van der Waals surface area contributed by atoms with Crippen molar-refractivity contribution in [2.45, 2.75) is 24.9 Å². The first-order valence-corrected chi connectivity index (χ1v) is 15.8. The number of esters is 1. The maximum absolute atomic E-state index is 13.7. The van der Waals surface area contributed by atoms with Crippen molar-refractivity contribution in [3.05, 3.63) is 134 Å². The minimum Gasteiger partial charge on any atom is -0.465 e. The Morgan fingerprint density at radius 2 is 1.57 bits per heavy atom. The lowest BCUT2D eigenvalue weighted by atomic mass is 10.1. The lowest BCUT2D eigenvalue weighted by molar-refractivity contribution is -0.136. The Kier molecular flexibility index (Phi) is 9.34. The molecule has 12 heteroatoms. The topological polar surface area (TPSA) is 97.1 Å². The van der Waals surface area contributed by atoms with Crippen molar-refractivity contribution in [2.75, 3.05) is 12.0 Å². The van der Waals surface area contributed by atoms with Crippen molar-refractivity contribution in [3.8, 4) is 0 Å². The zero-order chi connectivity index (χ0) is 31.6. The SMILES string of the molecule is COC(=O)C1=C(C)N(c2cccc(Cl)c2)C(=O)/C1=C/c1ccc(CN(Cc2ccc(Cl)cc2)S(=O)(=O)c2ccc(Cl)cc2)o1. The number of ether oxygens (including phenoxy) is 1. The van der Waals surface area contributed by atoms with Crippen LogP contribution >= 0.6 is 34.8 Å². The third-order valence-electron chi connectivity index (χ3n) is 6.88. The molecule has 5 rings (SSSR count). The number of furan rings is 1. The number of methoxy groups -OCH3 is 1. The molecule has 0 N–H and O–H groups in total. The van der Waals surface area contributed by atoms with E-state index >= 15 is 0 Å². The van der Waals surface area contributed by atoms with Gasteiger partial charge in [-0.15, -0.1) is 0 Å². The number of carbonyl (C=O) groups is 2. The second-order valence-electron chi connectivity index (χ2n) is 9.79. The Balaban J connectivity index is 1.48. The molecule has 0 unspecified atom stereocenters. The van der Waals surface area contributed by atoms with E-state index in [0.717, 1.165) is 0 Å². The molecule has 44 heavy (non-hydrogen) atoms. The molecule has 1 amide bonds. The van der Waals surface area contributed by atoms with Gasteiger partial charge in [-0.3, -0.25) is 9.69 Å². The number of allylic oxidation sites excluding steroid dienone is 1. The molecule has 0 saturated carbocycles. The van der Waals surface area contributed by atoms with Crippen LogP contribution in [0, 0.1) is 0 Å². The number of amides is 1. The maximum Gasteiger partial charge on any atom is 0.340 e. The number of rotatable bonds is 9. The molecule has 4 aromatic rings. The van der Waals surface area contributed by atoms with E-state index in [1.807, 2.05) is 0 Å². The highest BCUT2D eigenvalue weighted by Crippen LogP contribution is 2.36. The van der Waals surface area contributed by atoms with Crippen molar-refractivity contribution >= 4 is 68.5 Å². The summed E-state index contributed by atoms with van der Waals surface area (Å²) in [7, 11) is -2.76. The number of nitrogens with zero attached hydrogens (tertiary/aromatic N) is 2. The largest absolute Gasteiger partial charge is 0.465 e. The molecule has 0 saturated heterocycles. The normalized spacial score (nSPS) is 14.6. The monoisotopic (exact) mass is 670 g/mol. The average Bonchev–Trinajstić information content (AvgIpc) is 3.54. The van der Waals surface area contributed by atoms with Crippen molar-refractivity contribution in [3.63, 3.8) is 0 Å². The lowest BCUT2D eigenvalue weighted by Gasteiger charge is -2.21. The Bertz CT molecular complexity index is 1900. The summed E-state index contributed by atoms with van der Waals surface area (Å²) in [6.07, 6.45) is 1.43. The zero-order valence-electron chi connectivity index (χ0n) is 23.5. The molecule has 0 fully saturated rings. The van der Waals surface area contributed by atoms with Crippen LogP contribution in [0.3, 0.4) is 0 Å². The summed E-state index contributed by atoms with van der Waals surface area (Å²) < 4.78 is 39.7. The molecular formula is C32H25Cl3N2O6S. The fraction of sp³-hybridized carbons (Fsp3) is 0.125. The number of anilines is 1. The Morgan fingerprint density at radius 1 is 0.909 bits per heavy atom. The van der Waals surface area contributed by atoms with Gasteiger partial charge in [0.15, 0.2) is 0 Å². The molecule has 1 aromatic heterocycles. The summed E-state index contributed by atoms with van der Waals surface area (Å²) in [6.45, 7) is 1.54. The van der Waals surface area contributed by atoms with Crippen molar-refractivity contribution in [1.29, 1.82) is 0 Å². The first kappa shape index (κ1) is 31.6. The van der Waals surface area contributed by atoms with E-state index in [4.69, 9.17) is 44.0 Å². The van der Waals surface area contributed by atoms with E-state index in [2.05, 4.69) is 0 Å². The highest BCUT2D eigenvalue weighted by molar-refractivity contribution is 7.89. The van der Waals surface area contributed by atoms with Crippen LogP contribution in [-0.2, 0) is 37.4 Å². The van der Waals surface area contributed by atoms with Crippen LogP contribution in [0.1, 0.15) is 24.0 Å². The molecule has 1 aliphatic heterocycles. The van der Waals surface area contributed by atoms with Crippen molar-refractivity contribution in [2.24, 2.45) is 0 Å². The number of halogens is 3. The van der Waals surface area contributed by atoms with Crippen LogP contribution in [0.15, 0.2) is 111 Å². The first-order valence-electron chi connectivity index (χ1n) is 13.2. The van der Waals surface area contributed by atoms with Gasteiger partial charge in [-0.2, -0.15) is 4.31 Å². The van der Waals surface area contributed by atoms with E-state index in [9.17, 15) is 18.0 Å². The number of hydrogen-bond acceptors (Lipinski definition) is 6. The summed E-state index contributed by atoms with van der Waals surface area (Å²) in [5.41, 5.74) is 1.69. The van der Waals surface area contributed by atoms with Gasteiger partial charge in [-0.1, -0.05) is 53.0 Å². The molecule has 2 heterocycles. The number of benzene rings is 3. The fourth-order valence-electron chi connectivity index (χ4n) is 4.75. The first-order chi connectivity index (χ1) is 21.0. The quantitative estimate of drug-likeness (QED) is 0.135. The number of hydrogen-bond donors (Lipinski definition) is 0. The van der Waals surface area contributed by atoms with Crippen LogP contribution in [-0.4, -0.2) is 31.7 Å². The molecule has 3 aromatic carbocycles. The second kappa shape index (κ2) is 13.0. The summed E-state index contributed by atoms with van der Waals surface area (Å²) >= 11 is 18.2. The highest BCUT2D eigenvalue weighted by atomic mass is 35.5. The van der Waals surface area contributed by atoms with E-state index in [0.29, 0.717) is 37.8 Å². The molecule has 0 bridgehead atoms. The minimum atomic E-state index is -3.99. The second-order valence-corrected chi connectivity index (χ2v) is 13.0. The van der Waals surface area contributed by atoms with Crippen LogP contribution in [0.2, 0.25) is 15.1 Å². The van der Waals surface area contributed by atoms with E-state index in [1.54, 1.807) is 67.6 Å². The predicted molar refractivity (Wildman–Crippen MR) is 170 cm³/mol. The highest BCUT2D eigenvalue weighted by Gasteiger charge is 2.38. The van der Waals surface area contributed by atoms with Gasteiger partial charge in [0.1, 0.15) is 11.5 Å². The Hall–Kier alpha value is -3.86. The molecule has 1 aliphatic rings. The third-order valence-corrected chi connectivity index (χ3v) is 9.43. The van der Waals surface area contributed by atoms with Gasteiger partial charge in [0.25, 0.3) is 5.91 Å². The van der Waals surface area contributed by atoms with Crippen LogP contribution in [0.4, 0.5) is 5.69 Å². The van der Waals surface area contributed by atoms with Gasteiger partial charge in [-0.25, -0.2) is 13.2 Å². The van der Waals surface area contributed by atoms with E-state index in [1.165, 1.54) is 46.7 Å². The van der Waals surface area contributed by atoms with Gasteiger partial charge in [0.2, 0.25) is 10.0 Å². The lowest BCUT2D eigenvalue weighted by Crippen LogP contribution is -2.30. The molecule has 0 radical (unpaired) electrons. The van der Waals surface area contributed by atoms with Gasteiger partial charge in [-0.05, 0) is 85.3 Å². The van der Waals surface area contributed by atoms with Gasteiger partial charge < -0.3 is 9.15 Å². The summed E-state index contributed by atoms with van der Waals surface area (Å²) in [5.74, 6) is -0.624. The molecule has 8 nitrogen and oxygen atoms in total. The van der Waals surface area contributed by atoms with Gasteiger partial charge in [0.05, 0.1) is 35.4 Å². The van der Waals surface area contributed by atoms with Gasteiger partial charge in [0, 0.05) is 27.3 Å². The van der Waals surface area contributed by atoms with Crippen LogP contribution < -0.4 is 4.90 Å². The van der Waals surface area contributed by atoms with E-state index < -0.39 is 21.9 Å². The Morgan fingerprint density at radius 3 is 2.20 bits per heavy atom. The maximum atomic E-state index is 13.7.